The van der Waals surface area contributed by atoms with Gasteiger partial charge in [-0.2, -0.15) is 0 Å². The number of aliphatic hydroxyl groups is 1. The first kappa shape index (κ1) is 17.6. The monoisotopic (exact) mass is 350 g/mol. The third-order valence-corrected chi connectivity index (χ3v) is 4.88. The van der Waals surface area contributed by atoms with Gasteiger partial charge in [0, 0.05) is 43.6 Å². The second-order valence-electron chi connectivity index (χ2n) is 6.43. The minimum Gasteiger partial charge on any atom is -0.382 e. The highest BCUT2D eigenvalue weighted by Gasteiger charge is 2.42. The third-order valence-electron chi connectivity index (χ3n) is 4.88. The lowest BCUT2D eigenvalue weighted by molar-refractivity contribution is -0.124. The average molecular weight is 350 g/mol. The summed E-state index contributed by atoms with van der Waals surface area (Å²) >= 11 is 0. The zero-order chi connectivity index (χ0) is 18.0. The van der Waals surface area contributed by atoms with Crippen LogP contribution in [0.3, 0.4) is 0 Å². The van der Waals surface area contributed by atoms with Crippen molar-refractivity contribution in [3.8, 4) is 0 Å². The molecule has 6 nitrogen and oxygen atoms in total. The van der Waals surface area contributed by atoms with Crippen LogP contribution in [0.15, 0.2) is 30.9 Å². The highest BCUT2D eigenvalue weighted by atomic mass is 19.1. The Bertz CT molecular complexity index is 743. The van der Waals surface area contributed by atoms with E-state index in [0.717, 1.165) is 12.1 Å². The van der Waals surface area contributed by atoms with Gasteiger partial charge in [-0.3, -0.25) is 9.69 Å². The van der Waals surface area contributed by atoms with Crippen molar-refractivity contribution < 1.29 is 18.7 Å². The third kappa shape index (κ3) is 3.59. The largest absolute Gasteiger partial charge is 0.382 e. The van der Waals surface area contributed by atoms with Gasteiger partial charge in [-0.15, -0.1) is 10.2 Å². The topological polar surface area (TPSA) is 71.2 Å². The predicted octanol–water partition coefficient (Wildman–Crippen LogP) is 1.50. The number of benzene rings is 1. The molecular formula is C17H20F2N4O2. The fourth-order valence-electron chi connectivity index (χ4n) is 3.33. The second kappa shape index (κ2) is 6.97. The number of hydrogen-bond acceptors (Lipinski definition) is 5. The van der Waals surface area contributed by atoms with E-state index in [0.29, 0.717) is 25.9 Å². The quantitative estimate of drug-likeness (QED) is 0.885. The van der Waals surface area contributed by atoms with Crippen LogP contribution in [0.2, 0.25) is 0 Å². The molecule has 25 heavy (non-hydrogen) atoms. The summed E-state index contributed by atoms with van der Waals surface area (Å²) in [4.78, 5) is 13.4. The summed E-state index contributed by atoms with van der Waals surface area (Å²) in [5.41, 5.74) is -1.63. The number of nitrogens with zero attached hydrogens (tertiary/aromatic N) is 4. The van der Waals surface area contributed by atoms with E-state index in [4.69, 9.17) is 0 Å². The highest BCUT2D eigenvalue weighted by molar-refractivity contribution is 5.79. The number of likely N-dealkylation sites (tertiary alicyclic amines) is 1. The van der Waals surface area contributed by atoms with Crippen LogP contribution < -0.4 is 0 Å². The Hall–Kier alpha value is -2.19. The van der Waals surface area contributed by atoms with Crippen molar-refractivity contribution in [2.75, 3.05) is 13.1 Å². The summed E-state index contributed by atoms with van der Waals surface area (Å²) in [5, 5.41) is 18.9. The maximum Gasteiger partial charge on any atom is 0.135 e. The number of rotatable bonds is 5. The van der Waals surface area contributed by atoms with Crippen molar-refractivity contribution in [2.45, 2.75) is 38.0 Å². The van der Waals surface area contributed by atoms with Crippen molar-refractivity contribution in [3.05, 3.63) is 48.1 Å². The standard InChI is InChI=1S/C17H20F2N4O2/c1-12(23-6-4-14(24)5-7-23)17(25,9-22-10-20-21-11-22)15-3-2-13(18)8-16(15)19/h2-3,8,10-12,25H,4-7,9H2,1H3/t12-,17-/m1/s1. The minimum atomic E-state index is -1.64. The van der Waals surface area contributed by atoms with Gasteiger partial charge >= 0.3 is 0 Å². The van der Waals surface area contributed by atoms with Gasteiger partial charge in [0.05, 0.1) is 6.54 Å². The molecule has 3 rings (SSSR count). The number of aromatic nitrogens is 3. The van der Waals surface area contributed by atoms with Crippen molar-refractivity contribution in [2.24, 2.45) is 0 Å². The molecule has 1 saturated heterocycles. The van der Waals surface area contributed by atoms with Crippen LogP contribution in [-0.2, 0) is 16.9 Å². The number of piperidine rings is 1. The van der Waals surface area contributed by atoms with Gasteiger partial charge in [-0.05, 0) is 13.0 Å². The molecule has 1 aliphatic heterocycles. The number of Topliss-reactive ketones (excluding diaryl/α,β-unsaturated/α-hetero) is 1. The van der Waals surface area contributed by atoms with E-state index in [2.05, 4.69) is 10.2 Å². The van der Waals surface area contributed by atoms with Gasteiger partial charge in [0.2, 0.25) is 0 Å². The molecule has 2 heterocycles. The maximum absolute atomic E-state index is 14.5. The lowest BCUT2D eigenvalue weighted by atomic mass is 9.84. The molecule has 0 aliphatic carbocycles. The molecule has 0 spiro atoms. The predicted molar refractivity (Wildman–Crippen MR) is 85.6 cm³/mol. The van der Waals surface area contributed by atoms with Gasteiger partial charge in [-0.25, -0.2) is 8.78 Å². The first-order valence-electron chi connectivity index (χ1n) is 8.16. The molecule has 2 aromatic rings. The molecule has 134 valence electrons. The van der Waals surface area contributed by atoms with Gasteiger partial charge in [0.15, 0.2) is 0 Å². The molecule has 0 bridgehead atoms. The van der Waals surface area contributed by atoms with Crippen LogP contribution >= 0.6 is 0 Å². The number of hydrogen-bond donors (Lipinski definition) is 1. The summed E-state index contributed by atoms with van der Waals surface area (Å²) < 4.78 is 29.3. The summed E-state index contributed by atoms with van der Waals surface area (Å²) in [5.74, 6) is -1.33. The van der Waals surface area contributed by atoms with E-state index in [9.17, 15) is 18.7 Å². The van der Waals surface area contributed by atoms with E-state index >= 15 is 0 Å². The Labute approximate surface area is 144 Å². The number of carbonyl (C=O) groups is 1. The average Bonchev–Trinajstić information content (AvgIpc) is 3.07. The summed E-state index contributed by atoms with van der Waals surface area (Å²) in [6.07, 6.45) is 3.66. The van der Waals surface area contributed by atoms with E-state index in [1.165, 1.54) is 18.7 Å². The fourth-order valence-corrected chi connectivity index (χ4v) is 3.33. The summed E-state index contributed by atoms with van der Waals surface area (Å²) in [7, 11) is 0. The van der Waals surface area contributed by atoms with Crippen molar-refractivity contribution in [1.29, 1.82) is 0 Å². The van der Waals surface area contributed by atoms with E-state index in [1.54, 1.807) is 11.5 Å². The van der Waals surface area contributed by atoms with Crippen molar-refractivity contribution >= 4 is 5.78 Å². The molecule has 8 heteroatoms. The zero-order valence-corrected chi connectivity index (χ0v) is 13.9. The molecular weight excluding hydrogens is 330 g/mol. The lowest BCUT2D eigenvalue weighted by Gasteiger charge is -2.42. The molecule has 1 aromatic heterocycles. The molecule has 0 amide bonds. The summed E-state index contributed by atoms with van der Waals surface area (Å²) in [6, 6.07) is 2.66. The number of halogens is 2. The molecule has 0 unspecified atom stereocenters. The Morgan fingerprint density at radius 1 is 1.24 bits per heavy atom. The number of carbonyl (C=O) groups excluding carboxylic acids is 1. The van der Waals surface area contributed by atoms with Crippen LogP contribution in [0.4, 0.5) is 8.78 Å². The van der Waals surface area contributed by atoms with Gasteiger partial charge < -0.3 is 9.67 Å². The maximum atomic E-state index is 14.5. The van der Waals surface area contributed by atoms with Gasteiger partial charge in [0.25, 0.3) is 0 Å². The van der Waals surface area contributed by atoms with E-state index in [1.807, 2.05) is 4.90 Å². The van der Waals surface area contributed by atoms with Gasteiger partial charge in [0.1, 0.15) is 35.7 Å². The molecule has 1 aromatic carbocycles. The van der Waals surface area contributed by atoms with Gasteiger partial charge in [-0.1, -0.05) is 6.07 Å². The van der Waals surface area contributed by atoms with Crippen LogP contribution in [0.5, 0.6) is 0 Å². The van der Waals surface area contributed by atoms with Crippen LogP contribution in [0.1, 0.15) is 25.3 Å². The van der Waals surface area contributed by atoms with Crippen LogP contribution in [-0.4, -0.2) is 49.7 Å². The molecule has 0 radical (unpaired) electrons. The normalized spacial score (nSPS) is 19.6. The molecule has 1 fully saturated rings. The Morgan fingerprint density at radius 3 is 2.48 bits per heavy atom. The first-order valence-corrected chi connectivity index (χ1v) is 8.16. The molecule has 0 saturated carbocycles. The summed E-state index contributed by atoms with van der Waals surface area (Å²) in [6.45, 7) is 2.78. The minimum absolute atomic E-state index is 0.00648. The Balaban J connectivity index is 1.97. The van der Waals surface area contributed by atoms with E-state index in [-0.39, 0.29) is 17.9 Å². The highest BCUT2D eigenvalue weighted by Crippen LogP contribution is 2.33. The Kier molecular flexibility index (Phi) is 4.91. The zero-order valence-electron chi connectivity index (χ0n) is 13.9. The lowest BCUT2D eigenvalue weighted by Crippen LogP contribution is -2.54. The van der Waals surface area contributed by atoms with Crippen LogP contribution in [0, 0.1) is 11.6 Å². The first-order chi connectivity index (χ1) is 11.9. The molecule has 1 N–H and O–H groups in total. The SMILES string of the molecule is C[C@@H](N1CCC(=O)CC1)[C@](O)(Cn1cnnc1)c1ccc(F)cc1F. The molecule has 1 aliphatic rings. The fraction of sp³-hybridized carbons (Fsp3) is 0.471. The smallest absolute Gasteiger partial charge is 0.135 e. The van der Waals surface area contributed by atoms with Crippen LogP contribution in [0.25, 0.3) is 0 Å². The van der Waals surface area contributed by atoms with Crippen molar-refractivity contribution in [1.82, 2.24) is 19.7 Å². The molecule has 2 atom stereocenters. The Morgan fingerprint density at radius 2 is 1.88 bits per heavy atom. The number of ketones is 1. The second-order valence-corrected chi connectivity index (χ2v) is 6.43. The van der Waals surface area contributed by atoms with Crippen molar-refractivity contribution in [3.63, 3.8) is 0 Å². The van der Waals surface area contributed by atoms with E-state index < -0.39 is 23.3 Å².